The molecule has 0 unspecified atom stereocenters. The van der Waals surface area contributed by atoms with Gasteiger partial charge in [0.1, 0.15) is 0 Å². The summed E-state index contributed by atoms with van der Waals surface area (Å²) in [5.41, 5.74) is 0. The predicted molar refractivity (Wildman–Crippen MR) is 29.8 cm³/mol. The van der Waals surface area contributed by atoms with Crippen LogP contribution in [0.4, 0.5) is 0 Å². The van der Waals surface area contributed by atoms with Crippen molar-refractivity contribution in [3.63, 3.8) is 0 Å². The average molecular weight is 546 g/mol. The molecule has 0 aliphatic heterocycles. The zero-order valence-electron chi connectivity index (χ0n) is 2.50. The van der Waals surface area contributed by atoms with Crippen LogP contribution in [0.25, 0.3) is 0 Å². The Morgan fingerprint density at radius 3 is 0.250 bits per heavy atom. The minimum atomic E-state index is 0. The van der Waals surface area contributed by atoms with Crippen LogP contribution in [-0.4, -0.2) is 52.1 Å². The van der Waals surface area contributed by atoms with Crippen LogP contribution in [0.2, 0.25) is 0 Å². The molecule has 8 heavy (non-hydrogen) atoms. The Balaban J connectivity index is 0. The SMILES string of the molecule is [AlH3].[AlH3].[AlH3].[Zr].[Zr].[Zr].[Zr].[Zr]. The van der Waals surface area contributed by atoms with Gasteiger partial charge in [0.15, 0.2) is 52.1 Å². The van der Waals surface area contributed by atoms with Crippen molar-refractivity contribution in [1.29, 1.82) is 0 Å². The van der Waals surface area contributed by atoms with Crippen LogP contribution in [0.15, 0.2) is 0 Å². The van der Waals surface area contributed by atoms with Gasteiger partial charge in [0.25, 0.3) is 0 Å². The van der Waals surface area contributed by atoms with Gasteiger partial charge in [-0.15, -0.1) is 0 Å². The Labute approximate surface area is 178 Å². The van der Waals surface area contributed by atoms with Crippen LogP contribution < -0.4 is 0 Å². The zero-order valence-corrected chi connectivity index (χ0v) is 14.8. The molecule has 0 spiro atoms. The van der Waals surface area contributed by atoms with E-state index in [1.807, 2.05) is 0 Å². The molecular weight excluding hydrogens is 537 g/mol. The summed E-state index contributed by atoms with van der Waals surface area (Å²) in [6, 6.07) is 0. The van der Waals surface area contributed by atoms with Crippen molar-refractivity contribution in [2.75, 3.05) is 0 Å². The fraction of sp³-hybridized carbons (Fsp3) is 0. The molecule has 0 aromatic rings. The minimum absolute atomic E-state index is 0. The molecule has 38 valence electrons. The molecule has 0 amide bonds. The van der Waals surface area contributed by atoms with Crippen LogP contribution >= 0.6 is 0 Å². The molecule has 0 rings (SSSR count). The van der Waals surface area contributed by atoms with Crippen molar-refractivity contribution in [2.45, 2.75) is 0 Å². The van der Waals surface area contributed by atoms with Crippen LogP contribution in [0.3, 0.4) is 0 Å². The average Bonchev–Trinajstić information content (AvgIpc) is 0. The summed E-state index contributed by atoms with van der Waals surface area (Å²) in [4.78, 5) is 0. The van der Waals surface area contributed by atoms with Gasteiger partial charge in [-0.05, 0) is 0 Å². The van der Waals surface area contributed by atoms with Gasteiger partial charge in [-0.3, -0.25) is 0 Å². The fourth-order valence-corrected chi connectivity index (χ4v) is 0. The molecule has 0 heterocycles. The Morgan fingerprint density at radius 1 is 0.250 bits per heavy atom. The molecule has 0 nitrogen and oxygen atoms in total. The van der Waals surface area contributed by atoms with Crippen molar-refractivity contribution in [3.05, 3.63) is 0 Å². The molecule has 0 aromatic carbocycles. The largest absolute Gasteiger partial charge is 0.187 e. The zero-order chi connectivity index (χ0) is 0. The van der Waals surface area contributed by atoms with E-state index >= 15 is 0 Å². The summed E-state index contributed by atoms with van der Waals surface area (Å²) >= 11 is 0. The Morgan fingerprint density at radius 2 is 0.250 bits per heavy atom. The van der Waals surface area contributed by atoms with Crippen molar-refractivity contribution in [3.8, 4) is 0 Å². The molecule has 0 fully saturated rings. The molecule has 0 atom stereocenters. The summed E-state index contributed by atoms with van der Waals surface area (Å²) in [6.45, 7) is 0. The fourth-order valence-electron chi connectivity index (χ4n) is 0. The monoisotopic (exact) mass is 540 g/mol. The molecule has 0 bridgehead atoms. The van der Waals surface area contributed by atoms with Crippen molar-refractivity contribution < 1.29 is 131 Å². The smallest absolute Gasteiger partial charge is 0 e. The van der Waals surface area contributed by atoms with Gasteiger partial charge in [0, 0.05) is 131 Å². The molecule has 0 aliphatic carbocycles. The van der Waals surface area contributed by atoms with Crippen LogP contribution in [0.1, 0.15) is 0 Å². The number of hydrogen-bond acceptors (Lipinski definition) is 0. The van der Waals surface area contributed by atoms with Crippen LogP contribution in [0, 0.1) is 0 Å². The van der Waals surface area contributed by atoms with Crippen molar-refractivity contribution in [2.24, 2.45) is 0 Å². The quantitative estimate of drug-likeness (QED) is 0.277. The molecule has 0 saturated heterocycles. The van der Waals surface area contributed by atoms with E-state index in [2.05, 4.69) is 0 Å². The van der Waals surface area contributed by atoms with E-state index < -0.39 is 0 Å². The normalized spacial score (nSPS) is 0. The van der Waals surface area contributed by atoms with E-state index in [0.29, 0.717) is 0 Å². The van der Waals surface area contributed by atoms with E-state index in [9.17, 15) is 0 Å². The van der Waals surface area contributed by atoms with Crippen LogP contribution in [-0.2, 0) is 131 Å². The van der Waals surface area contributed by atoms with E-state index in [0.717, 1.165) is 0 Å². The molecule has 8 heteroatoms. The van der Waals surface area contributed by atoms with Gasteiger partial charge in [-0.25, -0.2) is 0 Å². The Kier molecular flexibility index (Phi) is 426. The van der Waals surface area contributed by atoms with Gasteiger partial charge >= 0.3 is 0 Å². The molecule has 0 saturated carbocycles. The molecular formula is H9Al3Zr5. The summed E-state index contributed by atoms with van der Waals surface area (Å²) in [6.07, 6.45) is 0. The molecule has 0 aliphatic rings. The van der Waals surface area contributed by atoms with E-state index in [4.69, 9.17) is 0 Å². The maximum atomic E-state index is 0. The second-order valence-electron chi connectivity index (χ2n) is 0. The standard InChI is InChI=1S/3Al.5Zr.9H. The van der Waals surface area contributed by atoms with Gasteiger partial charge in [-0.1, -0.05) is 0 Å². The number of rotatable bonds is 0. The first-order valence-electron chi connectivity index (χ1n) is 0. The van der Waals surface area contributed by atoms with E-state index in [-0.39, 0.29) is 183 Å². The van der Waals surface area contributed by atoms with E-state index in [1.165, 1.54) is 0 Å². The van der Waals surface area contributed by atoms with Crippen molar-refractivity contribution >= 4 is 52.1 Å². The van der Waals surface area contributed by atoms with Gasteiger partial charge in [-0.2, -0.15) is 0 Å². The Bertz CT molecular complexity index is 7.64. The third kappa shape index (κ3) is 40.3. The summed E-state index contributed by atoms with van der Waals surface area (Å²) in [5.74, 6) is 0. The maximum Gasteiger partial charge on any atom is 0.187 e. The molecule has 0 aromatic heterocycles. The third-order valence-electron chi connectivity index (χ3n) is 0. The molecule has 0 radical (unpaired) electrons. The minimum Gasteiger partial charge on any atom is 0 e. The van der Waals surface area contributed by atoms with Crippen molar-refractivity contribution in [1.82, 2.24) is 0 Å². The molecule has 0 N–H and O–H groups in total. The summed E-state index contributed by atoms with van der Waals surface area (Å²) < 4.78 is 0. The first kappa shape index (κ1) is 65.6. The second-order valence-corrected chi connectivity index (χ2v) is 0. The number of hydrogen-bond donors (Lipinski definition) is 0. The second kappa shape index (κ2) is 51.9. The van der Waals surface area contributed by atoms with Gasteiger partial charge < -0.3 is 0 Å². The predicted octanol–water partition coefficient (Wildman–Crippen LogP) is -3.56. The maximum absolute atomic E-state index is 0. The van der Waals surface area contributed by atoms with Gasteiger partial charge in [0.05, 0.1) is 0 Å². The summed E-state index contributed by atoms with van der Waals surface area (Å²) in [7, 11) is 0. The first-order chi connectivity index (χ1) is 0. The Hall–Kier alpha value is 6.01. The van der Waals surface area contributed by atoms with Crippen LogP contribution in [0.5, 0.6) is 0 Å². The van der Waals surface area contributed by atoms with E-state index in [1.54, 1.807) is 0 Å². The summed E-state index contributed by atoms with van der Waals surface area (Å²) in [5, 5.41) is 0. The first-order valence-corrected chi connectivity index (χ1v) is 0. The van der Waals surface area contributed by atoms with Gasteiger partial charge in [0.2, 0.25) is 0 Å². The third-order valence-corrected chi connectivity index (χ3v) is 0. The topological polar surface area (TPSA) is 0 Å².